The van der Waals surface area contributed by atoms with E-state index in [0.29, 0.717) is 29.0 Å². The van der Waals surface area contributed by atoms with Crippen LogP contribution in [0.2, 0.25) is 0 Å². The van der Waals surface area contributed by atoms with E-state index in [9.17, 15) is 75.3 Å². The van der Waals surface area contributed by atoms with Gasteiger partial charge in [-0.25, -0.2) is 0 Å². The standard InChI is InChI=1S/C68H90N12O24/c1-32(36-10-6-3-7-11-36)49-63(97)77-41(20-33-12-18-40(19-13-33)100-65-56(92)54(90)57(47(29-84)103-65)104-66-58(53(89)51(87)46(28-83)102-66)99-31-35-14-16-39(17-15-35)98-30-34-8-4-2-5-9-34)60(94)75-42(21-37-23-72-67(69)74-37)61(95)76-43(62(96)78-44(26-81)59(93)71-25-48(85)79-49)22-38-24-73-68(70)80(38)64-55(91)52(88)50(86)45(27-82)101-64/h2-19,32,37-38,41-47,49-58,64-66,81-84,86-92H,20-31H2,1H3,(H2,70,73)(H,71,93)(H,75,94)(H,76,95)(H,77,97)(H,78,96)(H,79,85)(H3,69,72,74)/t32?,37?,38?,41-,42+,43-,44+,45-,46-,47-,49+,50-,51-,52+,53+,54-,55+,56+,57-,58+,64+,65+,66-/m1/s1. The Morgan fingerprint density at radius 1 is 0.519 bits per heavy atom. The summed E-state index contributed by atoms with van der Waals surface area (Å²) in [5.41, 5.74) is 14.7. The highest BCUT2D eigenvalue weighted by molar-refractivity contribution is 5.98. The summed E-state index contributed by atoms with van der Waals surface area (Å²) in [6.45, 7) is -2.77. The normalized spacial score (nSPS) is 33.6. The number of aliphatic hydroxyl groups is 11. The number of rotatable bonds is 23. The summed E-state index contributed by atoms with van der Waals surface area (Å²) in [5, 5.41) is 138. The quantitative estimate of drug-likeness (QED) is 0.0328. The lowest BCUT2D eigenvalue weighted by Gasteiger charge is -2.46. The van der Waals surface area contributed by atoms with E-state index in [1.54, 1.807) is 61.5 Å². The van der Waals surface area contributed by atoms with Crippen LogP contribution in [-0.2, 0) is 72.1 Å². The average molecular weight is 1460 g/mol. The molecule has 0 radical (unpaired) electrons. The van der Waals surface area contributed by atoms with Crippen molar-refractivity contribution in [2.75, 3.05) is 46.1 Å². The number of amides is 6. The van der Waals surface area contributed by atoms with Crippen molar-refractivity contribution in [2.24, 2.45) is 21.5 Å². The van der Waals surface area contributed by atoms with Gasteiger partial charge in [-0.15, -0.1) is 0 Å². The number of hydrogen-bond donors (Lipinski definition) is 20. The van der Waals surface area contributed by atoms with E-state index in [4.69, 9.17) is 44.6 Å². The van der Waals surface area contributed by atoms with Gasteiger partial charge in [-0.05, 0) is 59.4 Å². The van der Waals surface area contributed by atoms with Gasteiger partial charge in [0.25, 0.3) is 0 Å². The molecule has 0 aliphatic carbocycles. The molecule has 4 aromatic rings. The summed E-state index contributed by atoms with van der Waals surface area (Å²) in [4.78, 5) is 97.1. The Kier molecular flexibility index (Phi) is 26.8. The minimum absolute atomic E-state index is 0.00200. The molecular weight excluding hydrogens is 1370 g/mol. The average Bonchev–Trinajstić information content (AvgIpc) is 1.73. The number of carbonyl (C=O) groups is 6. The van der Waals surface area contributed by atoms with Crippen molar-refractivity contribution in [1.82, 2.24) is 42.1 Å². The molecule has 0 spiro atoms. The zero-order valence-electron chi connectivity index (χ0n) is 56.4. The van der Waals surface area contributed by atoms with Crippen molar-refractivity contribution in [1.29, 1.82) is 0 Å². The van der Waals surface area contributed by atoms with Crippen LogP contribution in [0.25, 0.3) is 0 Å². The molecule has 104 heavy (non-hydrogen) atoms. The lowest BCUT2D eigenvalue weighted by atomic mass is 9.92. The number of nitrogens with zero attached hydrogens (tertiary/aromatic N) is 3. The summed E-state index contributed by atoms with van der Waals surface area (Å²) < 4.78 is 41.7. The highest BCUT2D eigenvalue weighted by atomic mass is 16.7. The summed E-state index contributed by atoms with van der Waals surface area (Å²) in [7, 11) is 0. The molecule has 6 aliphatic heterocycles. The zero-order valence-corrected chi connectivity index (χ0v) is 56.4. The maximum Gasteiger partial charge on any atom is 0.245 e. The SMILES string of the molecule is CC(c1ccccc1)[C@@H]1NC(=O)CNC(=O)[C@H](CO)NC(=O)[C@@H](CC2CN=C(N)N2[C@H]2O[C@H](CO)[C@@H](O)[C@H](O)[C@@H]2O)NC(=O)[C@H](CC2CN=C(N)N2)NC(=O)[C@@H](Cc2ccc(O[C@H]3O[C@H](CO)[C@@H](O[C@H]4O[C@H](CO)[C@@H](O)[C@H](O)[C@@H]4OCc4ccc(OCc5ccccc5)cc4)[C@H](O)[C@@H]3O)cc2)NC1=O. The van der Waals surface area contributed by atoms with Crippen molar-refractivity contribution in [3.8, 4) is 11.5 Å². The lowest BCUT2D eigenvalue weighted by Crippen LogP contribution is -2.66. The molecular formula is C68H90N12O24. The van der Waals surface area contributed by atoms with E-state index in [1.807, 2.05) is 30.3 Å². The molecule has 4 fully saturated rings. The summed E-state index contributed by atoms with van der Waals surface area (Å²) in [5.74, 6) is -6.63. The molecule has 36 heteroatoms. The number of nitrogens with one attached hydrogen (secondary N) is 7. The third-order valence-corrected chi connectivity index (χ3v) is 18.9. The molecule has 566 valence electrons. The first-order valence-corrected chi connectivity index (χ1v) is 33.9. The Balaban J connectivity index is 0.880. The number of carbonyl (C=O) groups excluding carboxylic acids is 6. The molecule has 10 rings (SSSR count). The Bertz CT molecular complexity index is 3590. The lowest BCUT2D eigenvalue weighted by molar-refractivity contribution is -0.357. The fraction of sp³-hybridized carbons (Fsp3) is 0.529. The van der Waals surface area contributed by atoms with Gasteiger partial charge in [0.15, 0.2) is 24.4 Å². The predicted octanol–water partition coefficient (Wildman–Crippen LogP) is -7.75. The number of nitrogens with two attached hydrogens (primary N) is 2. The number of guanidine groups is 2. The van der Waals surface area contributed by atoms with Crippen LogP contribution in [0.1, 0.15) is 47.9 Å². The van der Waals surface area contributed by atoms with Gasteiger partial charge in [0.05, 0.1) is 64.8 Å². The van der Waals surface area contributed by atoms with Gasteiger partial charge in [-0.1, -0.05) is 91.9 Å². The largest absolute Gasteiger partial charge is 0.489 e. The molecule has 23 atom stereocenters. The topological polar surface area (TPSA) is 554 Å². The smallest absolute Gasteiger partial charge is 0.245 e. The van der Waals surface area contributed by atoms with Crippen LogP contribution in [-0.4, -0.2) is 289 Å². The van der Waals surface area contributed by atoms with E-state index in [1.165, 1.54) is 29.2 Å². The minimum Gasteiger partial charge on any atom is -0.489 e. The minimum atomic E-state index is -1.93. The molecule has 0 saturated carbocycles. The molecule has 4 saturated heterocycles. The number of hydrogen-bond acceptors (Lipinski definition) is 30. The van der Waals surface area contributed by atoms with Crippen molar-refractivity contribution in [2.45, 2.75) is 180 Å². The van der Waals surface area contributed by atoms with E-state index < -0.39 is 215 Å². The fourth-order valence-corrected chi connectivity index (χ4v) is 12.9. The first kappa shape index (κ1) is 77.8. The van der Waals surface area contributed by atoms with Crippen LogP contribution in [0.5, 0.6) is 11.5 Å². The maximum absolute atomic E-state index is 15.2. The van der Waals surface area contributed by atoms with Crippen LogP contribution < -0.4 is 58.2 Å². The van der Waals surface area contributed by atoms with Gasteiger partial charge < -0.3 is 143 Å². The second-order valence-corrected chi connectivity index (χ2v) is 26.1. The van der Waals surface area contributed by atoms with Gasteiger partial charge in [-0.3, -0.25) is 38.8 Å². The molecule has 6 aliphatic rings. The Morgan fingerprint density at radius 3 is 1.73 bits per heavy atom. The molecule has 0 bridgehead atoms. The molecule has 36 nitrogen and oxygen atoms in total. The number of aliphatic hydroxyl groups excluding tert-OH is 11. The van der Waals surface area contributed by atoms with Crippen LogP contribution in [0, 0.1) is 0 Å². The van der Waals surface area contributed by atoms with Crippen molar-refractivity contribution >= 4 is 47.4 Å². The fourth-order valence-electron chi connectivity index (χ4n) is 12.9. The first-order valence-electron chi connectivity index (χ1n) is 33.9. The molecule has 0 aromatic heterocycles. The Morgan fingerprint density at radius 2 is 1.09 bits per heavy atom. The van der Waals surface area contributed by atoms with Gasteiger partial charge in [-0.2, -0.15) is 0 Å². The first-order chi connectivity index (χ1) is 49.9. The predicted molar refractivity (Wildman–Crippen MR) is 360 cm³/mol. The van der Waals surface area contributed by atoms with Crippen molar-refractivity contribution < 1.29 is 118 Å². The van der Waals surface area contributed by atoms with Gasteiger partial charge in [0.1, 0.15) is 122 Å². The maximum atomic E-state index is 15.2. The Labute approximate surface area is 595 Å². The van der Waals surface area contributed by atoms with Crippen molar-refractivity contribution in [3.63, 3.8) is 0 Å². The molecule has 3 unspecified atom stereocenters. The van der Waals surface area contributed by atoms with Crippen LogP contribution in [0.4, 0.5) is 0 Å². The monoisotopic (exact) mass is 1460 g/mol. The third kappa shape index (κ3) is 19.0. The highest BCUT2D eigenvalue weighted by Gasteiger charge is 2.53. The zero-order chi connectivity index (χ0) is 74.5. The molecule has 6 amide bonds. The van der Waals surface area contributed by atoms with Gasteiger partial charge in [0, 0.05) is 12.3 Å². The van der Waals surface area contributed by atoms with Gasteiger partial charge in [0.2, 0.25) is 41.7 Å². The van der Waals surface area contributed by atoms with E-state index in [0.717, 1.165) is 5.56 Å². The second-order valence-electron chi connectivity index (χ2n) is 26.1. The molecule has 6 heterocycles. The number of aliphatic imine (C=N–C) groups is 2. The third-order valence-electron chi connectivity index (χ3n) is 18.9. The number of benzene rings is 4. The molecule has 22 N–H and O–H groups in total. The van der Waals surface area contributed by atoms with Gasteiger partial charge >= 0.3 is 0 Å². The summed E-state index contributed by atoms with van der Waals surface area (Å²) in [6, 6.07) is 20.5. The van der Waals surface area contributed by atoms with Crippen LogP contribution in [0.3, 0.4) is 0 Å². The van der Waals surface area contributed by atoms with Crippen LogP contribution >= 0.6 is 0 Å². The molecule has 4 aromatic carbocycles. The Hall–Kier alpha value is -8.80. The highest BCUT2D eigenvalue weighted by Crippen LogP contribution is 2.34. The number of ether oxygens (including phenoxy) is 7. The summed E-state index contributed by atoms with van der Waals surface area (Å²) in [6.07, 6.45) is -26.3. The second kappa shape index (κ2) is 35.8. The van der Waals surface area contributed by atoms with Crippen molar-refractivity contribution in [3.05, 3.63) is 131 Å². The summed E-state index contributed by atoms with van der Waals surface area (Å²) >= 11 is 0. The van der Waals surface area contributed by atoms with E-state index in [-0.39, 0.29) is 50.2 Å². The van der Waals surface area contributed by atoms with Crippen LogP contribution in [0.15, 0.2) is 119 Å². The van der Waals surface area contributed by atoms with E-state index in [2.05, 4.69) is 47.2 Å². The van der Waals surface area contributed by atoms with E-state index >= 15 is 9.59 Å².